The van der Waals surface area contributed by atoms with E-state index >= 15 is 0 Å². The van der Waals surface area contributed by atoms with Crippen LogP contribution in [0.25, 0.3) is 0 Å². The molecule has 0 aliphatic rings. The van der Waals surface area contributed by atoms with Crippen molar-refractivity contribution in [2.24, 2.45) is 5.92 Å². The zero-order chi connectivity index (χ0) is 15.8. The third-order valence-electron chi connectivity index (χ3n) is 3.04. The van der Waals surface area contributed by atoms with Crippen molar-refractivity contribution < 1.29 is 28.3 Å². The predicted octanol–water partition coefficient (Wildman–Crippen LogP) is 1.14. The number of hydrogen-bond donors (Lipinski definition) is 1. The SMILES string of the molecule is CC[C@@H](C)[C@H](NC(=O)COC(=O)c1ccco1)C(=O)OC. The number of furan rings is 1. The second kappa shape index (κ2) is 8.08. The fraction of sp³-hybridized carbons (Fsp3) is 0.500. The number of carbonyl (C=O) groups excluding carboxylic acids is 3. The van der Waals surface area contributed by atoms with Gasteiger partial charge in [0.1, 0.15) is 6.04 Å². The molecule has 0 saturated heterocycles. The number of hydrogen-bond acceptors (Lipinski definition) is 6. The second-order valence-electron chi connectivity index (χ2n) is 4.51. The number of nitrogens with one attached hydrogen (secondary N) is 1. The van der Waals surface area contributed by atoms with Crippen LogP contribution in [0, 0.1) is 5.92 Å². The first-order chi connectivity index (χ1) is 9.99. The molecule has 1 aromatic rings. The molecule has 7 nitrogen and oxygen atoms in total. The highest BCUT2D eigenvalue weighted by atomic mass is 16.5. The van der Waals surface area contributed by atoms with Crippen LogP contribution in [0.2, 0.25) is 0 Å². The molecule has 1 heterocycles. The fourth-order valence-electron chi connectivity index (χ4n) is 1.61. The molecular weight excluding hydrogens is 278 g/mol. The molecule has 0 aliphatic carbocycles. The molecule has 0 fully saturated rings. The molecule has 0 bridgehead atoms. The molecule has 0 unspecified atom stereocenters. The van der Waals surface area contributed by atoms with Gasteiger partial charge in [0.2, 0.25) is 5.76 Å². The summed E-state index contributed by atoms with van der Waals surface area (Å²) in [7, 11) is 1.25. The number of ether oxygens (including phenoxy) is 2. The van der Waals surface area contributed by atoms with E-state index < -0.39 is 30.5 Å². The van der Waals surface area contributed by atoms with Gasteiger partial charge < -0.3 is 19.2 Å². The number of carbonyl (C=O) groups is 3. The highest BCUT2D eigenvalue weighted by Gasteiger charge is 2.27. The van der Waals surface area contributed by atoms with Crippen LogP contribution in [0.4, 0.5) is 0 Å². The molecule has 0 spiro atoms. The average molecular weight is 297 g/mol. The van der Waals surface area contributed by atoms with Crippen LogP contribution in [0.15, 0.2) is 22.8 Å². The molecule has 116 valence electrons. The van der Waals surface area contributed by atoms with Gasteiger partial charge >= 0.3 is 11.9 Å². The van der Waals surface area contributed by atoms with E-state index in [0.717, 1.165) is 0 Å². The van der Waals surface area contributed by atoms with E-state index in [1.165, 1.54) is 25.5 Å². The van der Waals surface area contributed by atoms with Gasteiger partial charge in [-0.2, -0.15) is 0 Å². The van der Waals surface area contributed by atoms with Crippen LogP contribution < -0.4 is 5.32 Å². The van der Waals surface area contributed by atoms with Crippen LogP contribution in [0.1, 0.15) is 30.8 Å². The van der Waals surface area contributed by atoms with Gasteiger partial charge in [-0.15, -0.1) is 0 Å². The predicted molar refractivity (Wildman–Crippen MR) is 72.4 cm³/mol. The molecular formula is C14H19NO6. The van der Waals surface area contributed by atoms with Crippen LogP contribution in [-0.4, -0.2) is 37.6 Å². The van der Waals surface area contributed by atoms with Crippen LogP contribution in [0.3, 0.4) is 0 Å². The minimum Gasteiger partial charge on any atom is -0.467 e. The van der Waals surface area contributed by atoms with E-state index in [9.17, 15) is 14.4 Å². The van der Waals surface area contributed by atoms with E-state index in [4.69, 9.17) is 9.15 Å². The standard InChI is InChI=1S/C14H19NO6/c1-4-9(2)12(14(18)19-3)15-11(16)8-21-13(17)10-6-5-7-20-10/h5-7,9,12H,4,8H2,1-3H3,(H,15,16)/t9-,12+/m1/s1. The Morgan fingerprint density at radius 1 is 1.38 bits per heavy atom. The third kappa shape index (κ3) is 4.94. The summed E-state index contributed by atoms with van der Waals surface area (Å²) in [5, 5.41) is 2.50. The van der Waals surface area contributed by atoms with Crippen molar-refractivity contribution in [1.29, 1.82) is 0 Å². The summed E-state index contributed by atoms with van der Waals surface area (Å²) in [6.45, 7) is 3.21. The van der Waals surface area contributed by atoms with Gasteiger partial charge in [0.05, 0.1) is 13.4 Å². The molecule has 0 aromatic carbocycles. The number of amides is 1. The van der Waals surface area contributed by atoms with Gasteiger partial charge in [-0.25, -0.2) is 9.59 Å². The molecule has 1 amide bonds. The van der Waals surface area contributed by atoms with E-state index in [0.29, 0.717) is 6.42 Å². The summed E-state index contributed by atoms with van der Waals surface area (Å²) in [6, 6.07) is 2.19. The molecule has 0 saturated carbocycles. The van der Waals surface area contributed by atoms with Crippen molar-refractivity contribution in [3.63, 3.8) is 0 Å². The molecule has 1 N–H and O–H groups in total. The molecule has 21 heavy (non-hydrogen) atoms. The van der Waals surface area contributed by atoms with Gasteiger partial charge in [0.15, 0.2) is 6.61 Å². The summed E-state index contributed by atoms with van der Waals surface area (Å²) < 4.78 is 14.3. The Hall–Kier alpha value is -2.31. The van der Waals surface area contributed by atoms with E-state index in [2.05, 4.69) is 10.1 Å². The summed E-state index contributed by atoms with van der Waals surface area (Å²) in [6.07, 6.45) is 2.01. The maximum Gasteiger partial charge on any atom is 0.374 e. The first kappa shape index (κ1) is 16.7. The van der Waals surface area contributed by atoms with Crippen LogP contribution >= 0.6 is 0 Å². The Morgan fingerprint density at radius 2 is 2.10 bits per heavy atom. The molecule has 0 aliphatic heterocycles. The monoisotopic (exact) mass is 297 g/mol. The zero-order valence-corrected chi connectivity index (χ0v) is 12.3. The van der Waals surface area contributed by atoms with Crippen molar-refractivity contribution in [3.05, 3.63) is 24.2 Å². The maximum atomic E-state index is 11.7. The van der Waals surface area contributed by atoms with E-state index in [-0.39, 0.29) is 11.7 Å². The van der Waals surface area contributed by atoms with Crippen LogP contribution in [0.5, 0.6) is 0 Å². The van der Waals surface area contributed by atoms with E-state index in [1.807, 2.05) is 13.8 Å². The number of esters is 2. The largest absolute Gasteiger partial charge is 0.467 e. The lowest BCUT2D eigenvalue weighted by molar-refractivity contribution is -0.147. The molecule has 1 aromatic heterocycles. The van der Waals surface area contributed by atoms with Crippen molar-refractivity contribution in [1.82, 2.24) is 5.32 Å². The zero-order valence-electron chi connectivity index (χ0n) is 12.3. The summed E-state index contributed by atoms with van der Waals surface area (Å²) in [5.41, 5.74) is 0. The normalized spacial score (nSPS) is 13.1. The summed E-state index contributed by atoms with van der Waals surface area (Å²) >= 11 is 0. The highest BCUT2D eigenvalue weighted by Crippen LogP contribution is 2.09. The Morgan fingerprint density at radius 3 is 2.62 bits per heavy atom. The molecule has 0 radical (unpaired) electrons. The first-order valence-corrected chi connectivity index (χ1v) is 6.57. The Balaban J connectivity index is 2.50. The van der Waals surface area contributed by atoms with Gasteiger partial charge in [-0.3, -0.25) is 4.79 Å². The summed E-state index contributed by atoms with van der Waals surface area (Å²) in [5.74, 6) is -1.94. The summed E-state index contributed by atoms with van der Waals surface area (Å²) in [4.78, 5) is 34.8. The Kier molecular flexibility index (Phi) is 6.45. The lowest BCUT2D eigenvalue weighted by Crippen LogP contribution is -2.47. The van der Waals surface area contributed by atoms with Crippen molar-refractivity contribution in [2.45, 2.75) is 26.3 Å². The number of rotatable bonds is 7. The van der Waals surface area contributed by atoms with Crippen molar-refractivity contribution in [2.75, 3.05) is 13.7 Å². The van der Waals surface area contributed by atoms with Gasteiger partial charge in [0, 0.05) is 0 Å². The van der Waals surface area contributed by atoms with Gasteiger partial charge in [-0.05, 0) is 18.1 Å². The van der Waals surface area contributed by atoms with Crippen LogP contribution in [-0.2, 0) is 19.1 Å². The molecule has 1 rings (SSSR count). The van der Waals surface area contributed by atoms with Crippen molar-refractivity contribution >= 4 is 17.8 Å². The molecule has 7 heteroatoms. The number of methoxy groups -OCH3 is 1. The minimum absolute atomic E-state index is 0.00856. The smallest absolute Gasteiger partial charge is 0.374 e. The minimum atomic E-state index is -0.769. The topological polar surface area (TPSA) is 94.8 Å². The van der Waals surface area contributed by atoms with Gasteiger partial charge in [0.25, 0.3) is 5.91 Å². The third-order valence-corrected chi connectivity index (χ3v) is 3.04. The second-order valence-corrected chi connectivity index (χ2v) is 4.51. The highest BCUT2D eigenvalue weighted by molar-refractivity contribution is 5.90. The Bertz CT molecular complexity index is 482. The molecule has 2 atom stereocenters. The fourth-order valence-corrected chi connectivity index (χ4v) is 1.61. The van der Waals surface area contributed by atoms with E-state index in [1.54, 1.807) is 0 Å². The Labute approximate surface area is 122 Å². The van der Waals surface area contributed by atoms with Crippen molar-refractivity contribution in [3.8, 4) is 0 Å². The quantitative estimate of drug-likeness (QED) is 0.758. The first-order valence-electron chi connectivity index (χ1n) is 6.57. The lowest BCUT2D eigenvalue weighted by Gasteiger charge is -2.21. The van der Waals surface area contributed by atoms with Gasteiger partial charge in [-0.1, -0.05) is 20.3 Å². The lowest BCUT2D eigenvalue weighted by atomic mass is 9.99. The average Bonchev–Trinajstić information content (AvgIpc) is 3.03. The maximum absolute atomic E-state index is 11.7.